The highest BCUT2D eigenvalue weighted by molar-refractivity contribution is 5.92. The molecule has 1 aromatic rings. The lowest BCUT2D eigenvalue weighted by Crippen LogP contribution is -2.37. The Bertz CT molecular complexity index is 653. The van der Waals surface area contributed by atoms with E-state index in [2.05, 4.69) is 10.1 Å². The molecule has 6 nitrogen and oxygen atoms in total. The molecule has 2 atom stereocenters. The van der Waals surface area contributed by atoms with Gasteiger partial charge in [-0.3, -0.25) is 14.5 Å². The number of carboxylic acid groups (broad SMARTS) is 1. The van der Waals surface area contributed by atoms with Gasteiger partial charge in [-0.2, -0.15) is 8.78 Å². The van der Waals surface area contributed by atoms with Crippen molar-refractivity contribution < 1.29 is 28.2 Å². The molecule has 2 fully saturated rings. The largest absolute Gasteiger partial charge is 0.481 e. The smallest absolute Gasteiger partial charge is 0.387 e. The van der Waals surface area contributed by atoms with Crippen LogP contribution in [0, 0.1) is 11.3 Å². The first kappa shape index (κ1) is 17.6. The van der Waals surface area contributed by atoms with Crippen LogP contribution in [0.5, 0.6) is 5.75 Å². The van der Waals surface area contributed by atoms with Gasteiger partial charge in [-0.15, -0.1) is 0 Å². The number of fused-ring (bicyclic) bond motifs is 1. The highest BCUT2D eigenvalue weighted by atomic mass is 19.3. The number of nitrogens with zero attached hydrogens (tertiary/aromatic N) is 1. The van der Waals surface area contributed by atoms with E-state index in [-0.39, 0.29) is 24.1 Å². The molecule has 25 heavy (non-hydrogen) atoms. The van der Waals surface area contributed by atoms with Gasteiger partial charge in [-0.05, 0) is 43.0 Å². The predicted octanol–water partition coefficient (Wildman–Crippen LogP) is 2.41. The minimum Gasteiger partial charge on any atom is -0.481 e. The van der Waals surface area contributed by atoms with Gasteiger partial charge in [0.2, 0.25) is 5.91 Å². The van der Waals surface area contributed by atoms with Crippen LogP contribution in [0.4, 0.5) is 14.5 Å². The number of ether oxygens (including phenoxy) is 1. The molecular formula is C17H20F2N2O4. The van der Waals surface area contributed by atoms with Crippen molar-refractivity contribution in [3.63, 3.8) is 0 Å². The number of carbonyl (C=O) groups is 2. The highest BCUT2D eigenvalue weighted by Crippen LogP contribution is 2.48. The van der Waals surface area contributed by atoms with Gasteiger partial charge in [0.15, 0.2) is 0 Å². The zero-order valence-electron chi connectivity index (χ0n) is 13.6. The van der Waals surface area contributed by atoms with Crippen LogP contribution in [0.15, 0.2) is 24.3 Å². The normalized spacial score (nSPS) is 25.8. The maximum Gasteiger partial charge on any atom is 0.387 e. The Morgan fingerprint density at radius 2 is 2.08 bits per heavy atom. The van der Waals surface area contributed by atoms with E-state index in [1.54, 1.807) is 0 Å². The number of aliphatic carboxylic acids is 1. The molecule has 0 bridgehead atoms. The second-order valence-electron chi connectivity index (χ2n) is 6.67. The van der Waals surface area contributed by atoms with Crippen molar-refractivity contribution in [1.82, 2.24) is 4.90 Å². The molecule has 0 radical (unpaired) electrons. The molecule has 1 saturated heterocycles. The molecule has 1 saturated carbocycles. The maximum atomic E-state index is 12.2. The molecule has 1 aliphatic carbocycles. The number of hydrogen-bond acceptors (Lipinski definition) is 4. The van der Waals surface area contributed by atoms with Crippen LogP contribution in [-0.4, -0.2) is 48.1 Å². The average Bonchev–Trinajstić information content (AvgIpc) is 3.06. The Morgan fingerprint density at radius 1 is 1.36 bits per heavy atom. The number of carboxylic acids is 1. The topological polar surface area (TPSA) is 78.9 Å². The maximum absolute atomic E-state index is 12.2. The molecule has 1 aromatic carbocycles. The molecule has 3 rings (SSSR count). The Balaban J connectivity index is 1.54. The molecule has 8 heteroatoms. The van der Waals surface area contributed by atoms with Gasteiger partial charge in [-0.25, -0.2) is 0 Å². The molecule has 1 aliphatic heterocycles. The standard InChI is InChI=1S/C17H20F2N2O4/c18-16(19)25-13-5-3-12(4-6-13)20-14(22)9-21-8-11-2-1-7-17(11,10-21)15(23)24/h3-6,11,16H,1-2,7-10H2,(H,20,22)(H,23,24)/t11-,17+/m0/s1. The summed E-state index contributed by atoms with van der Waals surface area (Å²) in [7, 11) is 0. The SMILES string of the molecule is O=C(CN1C[C@@H]2CCC[C@@]2(C(=O)O)C1)Nc1ccc(OC(F)F)cc1. The van der Waals surface area contributed by atoms with Gasteiger partial charge in [-0.1, -0.05) is 6.42 Å². The number of alkyl halides is 2. The first-order valence-corrected chi connectivity index (χ1v) is 8.19. The van der Waals surface area contributed by atoms with E-state index in [1.807, 2.05) is 4.90 Å². The minimum absolute atomic E-state index is 0.0174. The van der Waals surface area contributed by atoms with E-state index in [9.17, 15) is 23.5 Å². The summed E-state index contributed by atoms with van der Waals surface area (Å²) in [5.74, 6) is -0.914. The lowest BCUT2D eigenvalue weighted by Gasteiger charge is -2.23. The number of anilines is 1. The van der Waals surface area contributed by atoms with Crippen LogP contribution in [0.25, 0.3) is 0 Å². The molecule has 0 unspecified atom stereocenters. The molecule has 1 amide bonds. The van der Waals surface area contributed by atoms with Crippen molar-refractivity contribution in [3.8, 4) is 5.75 Å². The Kier molecular flexibility index (Phi) is 4.89. The zero-order valence-corrected chi connectivity index (χ0v) is 13.6. The van der Waals surface area contributed by atoms with Gasteiger partial charge >= 0.3 is 12.6 Å². The van der Waals surface area contributed by atoms with Gasteiger partial charge in [0, 0.05) is 18.8 Å². The summed E-state index contributed by atoms with van der Waals surface area (Å²) in [5.41, 5.74) is -0.242. The minimum atomic E-state index is -2.89. The molecule has 136 valence electrons. The van der Waals surface area contributed by atoms with Crippen LogP contribution < -0.4 is 10.1 Å². The second kappa shape index (κ2) is 6.95. The van der Waals surface area contributed by atoms with Gasteiger partial charge < -0.3 is 15.2 Å². The van der Waals surface area contributed by atoms with E-state index in [0.717, 1.165) is 12.8 Å². The fourth-order valence-electron chi connectivity index (χ4n) is 3.99. The Hall–Kier alpha value is -2.22. The summed E-state index contributed by atoms with van der Waals surface area (Å²) in [5, 5.41) is 12.2. The van der Waals surface area contributed by atoms with Crippen LogP contribution >= 0.6 is 0 Å². The third-order valence-corrected chi connectivity index (χ3v) is 5.10. The average molecular weight is 354 g/mol. The lowest BCUT2D eigenvalue weighted by atomic mass is 9.81. The van der Waals surface area contributed by atoms with Crippen molar-refractivity contribution in [1.29, 1.82) is 0 Å². The molecule has 0 spiro atoms. The highest BCUT2D eigenvalue weighted by Gasteiger charge is 2.54. The number of hydrogen-bond donors (Lipinski definition) is 2. The van der Waals surface area contributed by atoms with E-state index in [4.69, 9.17) is 0 Å². The number of carbonyl (C=O) groups excluding carboxylic acids is 1. The second-order valence-corrected chi connectivity index (χ2v) is 6.67. The Labute approximate surface area is 143 Å². The number of nitrogens with one attached hydrogen (secondary N) is 1. The van der Waals surface area contributed by atoms with Gasteiger partial charge in [0.25, 0.3) is 0 Å². The molecule has 1 heterocycles. The Morgan fingerprint density at radius 3 is 2.68 bits per heavy atom. The number of benzene rings is 1. The van der Waals surface area contributed by atoms with E-state index >= 15 is 0 Å². The fraction of sp³-hybridized carbons (Fsp3) is 0.529. The van der Waals surface area contributed by atoms with Crippen LogP contribution in [-0.2, 0) is 9.59 Å². The fourth-order valence-corrected chi connectivity index (χ4v) is 3.99. The first-order chi connectivity index (χ1) is 11.9. The summed E-state index contributed by atoms with van der Waals surface area (Å²) in [6.07, 6.45) is 2.47. The van der Waals surface area contributed by atoms with Gasteiger partial charge in [0.05, 0.1) is 12.0 Å². The first-order valence-electron chi connectivity index (χ1n) is 8.19. The molecule has 2 aliphatic rings. The van der Waals surface area contributed by atoms with E-state index < -0.39 is 18.0 Å². The van der Waals surface area contributed by atoms with Crippen molar-refractivity contribution in [2.75, 3.05) is 25.0 Å². The molecular weight excluding hydrogens is 334 g/mol. The number of rotatable bonds is 6. The van der Waals surface area contributed by atoms with Crippen molar-refractivity contribution in [3.05, 3.63) is 24.3 Å². The summed E-state index contributed by atoms with van der Waals surface area (Å²) in [4.78, 5) is 25.7. The number of likely N-dealkylation sites (tertiary alicyclic amines) is 1. The van der Waals surface area contributed by atoms with Crippen molar-refractivity contribution in [2.24, 2.45) is 11.3 Å². The third-order valence-electron chi connectivity index (χ3n) is 5.10. The third kappa shape index (κ3) is 3.73. The number of amides is 1. The quantitative estimate of drug-likeness (QED) is 0.820. The summed E-state index contributed by atoms with van der Waals surface area (Å²) < 4.78 is 28.5. The lowest BCUT2D eigenvalue weighted by molar-refractivity contribution is -0.149. The predicted molar refractivity (Wildman–Crippen MR) is 85.6 cm³/mol. The number of halogens is 2. The van der Waals surface area contributed by atoms with Crippen molar-refractivity contribution >= 4 is 17.6 Å². The summed E-state index contributed by atoms with van der Waals surface area (Å²) >= 11 is 0. The molecule has 0 aromatic heterocycles. The van der Waals surface area contributed by atoms with E-state index in [0.29, 0.717) is 25.2 Å². The van der Waals surface area contributed by atoms with Gasteiger partial charge in [0.1, 0.15) is 5.75 Å². The summed E-state index contributed by atoms with van der Waals surface area (Å²) in [6.45, 7) is -1.78. The van der Waals surface area contributed by atoms with Crippen LogP contribution in [0.3, 0.4) is 0 Å². The van der Waals surface area contributed by atoms with Crippen LogP contribution in [0.1, 0.15) is 19.3 Å². The zero-order chi connectivity index (χ0) is 18.0. The summed E-state index contributed by atoms with van der Waals surface area (Å²) in [6, 6.07) is 5.66. The monoisotopic (exact) mass is 354 g/mol. The molecule has 2 N–H and O–H groups in total. The van der Waals surface area contributed by atoms with E-state index in [1.165, 1.54) is 24.3 Å². The van der Waals surface area contributed by atoms with Crippen molar-refractivity contribution in [2.45, 2.75) is 25.9 Å². The van der Waals surface area contributed by atoms with Crippen LogP contribution in [0.2, 0.25) is 0 Å².